The first-order valence-electron chi connectivity index (χ1n) is 5.40. The van der Waals surface area contributed by atoms with Gasteiger partial charge in [0.05, 0.1) is 6.54 Å². The molecule has 0 bridgehead atoms. The maximum atomic E-state index is 11.4. The van der Waals surface area contributed by atoms with Gasteiger partial charge in [-0.25, -0.2) is 4.98 Å². The van der Waals surface area contributed by atoms with Crippen molar-refractivity contribution in [2.75, 3.05) is 17.6 Å². The summed E-state index contributed by atoms with van der Waals surface area (Å²) in [5.41, 5.74) is 7.36. The lowest BCUT2D eigenvalue weighted by atomic mass is 10.2. The summed E-state index contributed by atoms with van der Waals surface area (Å²) in [5, 5.41) is 5.83. The molecule has 16 heavy (non-hydrogen) atoms. The summed E-state index contributed by atoms with van der Waals surface area (Å²) >= 11 is 0. The summed E-state index contributed by atoms with van der Waals surface area (Å²) in [6, 6.07) is 2.13. The number of hydrogen-bond donors (Lipinski definition) is 3. The zero-order chi connectivity index (χ0) is 11.5. The van der Waals surface area contributed by atoms with E-state index in [1.54, 1.807) is 12.3 Å². The fourth-order valence-electron chi connectivity index (χ4n) is 1.31. The van der Waals surface area contributed by atoms with E-state index in [-0.39, 0.29) is 12.5 Å². The van der Waals surface area contributed by atoms with E-state index >= 15 is 0 Å². The van der Waals surface area contributed by atoms with Crippen molar-refractivity contribution in [3.63, 3.8) is 0 Å². The molecule has 86 valence electrons. The second-order valence-corrected chi connectivity index (χ2v) is 4.12. The zero-order valence-corrected chi connectivity index (χ0v) is 9.29. The second-order valence-electron chi connectivity index (χ2n) is 4.12. The van der Waals surface area contributed by atoms with Gasteiger partial charge >= 0.3 is 0 Å². The zero-order valence-electron chi connectivity index (χ0n) is 9.29. The molecule has 1 fully saturated rings. The maximum absolute atomic E-state index is 11.4. The number of pyridine rings is 1. The Labute approximate surface area is 94.4 Å². The predicted molar refractivity (Wildman–Crippen MR) is 63.0 cm³/mol. The first kappa shape index (κ1) is 10.7. The Kier molecular flexibility index (Phi) is 2.94. The number of hydrogen-bond acceptors (Lipinski definition) is 4. The molecule has 2 rings (SSSR count). The highest BCUT2D eigenvalue weighted by Gasteiger charge is 2.22. The van der Waals surface area contributed by atoms with E-state index in [0.29, 0.717) is 17.5 Å². The van der Waals surface area contributed by atoms with Gasteiger partial charge in [-0.05, 0) is 25.3 Å². The van der Waals surface area contributed by atoms with Crippen molar-refractivity contribution in [3.8, 4) is 0 Å². The molecule has 0 aliphatic heterocycles. The smallest absolute Gasteiger partial charge is 0.239 e. The first-order valence-corrected chi connectivity index (χ1v) is 5.40. The van der Waals surface area contributed by atoms with Gasteiger partial charge in [-0.3, -0.25) is 4.79 Å². The fraction of sp³-hybridized carbons (Fsp3) is 0.455. The third kappa shape index (κ3) is 2.85. The van der Waals surface area contributed by atoms with Crippen molar-refractivity contribution in [2.45, 2.75) is 25.8 Å². The van der Waals surface area contributed by atoms with Crippen molar-refractivity contribution in [1.29, 1.82) is 0 Å². The molecule has 4 N–H and O–H groups in total. The topological polar surface area (TPSA) is 80.0 Å². The van der Waals surface area contributed by atoms with Crippen LogP contribution in [0.25, 0.3) is 0 Å². The summed E-state index contributed by atoms with van der Waals surface area (Å²) in [6.07, 6.45) is 3.89. The number of rotatable bonds is 4. The largest absolute Gasteiger partial charge is 0.398 e. The van der Waals surface area contributed by atoms with E-state index in [1.807, 2.05) is 6.92 Å². The van der Waals surface area contributed by atoms with Gasteiger partial charge in [0.2, 0.25) is 5.91 Å². The minimum absolute atomic E-state index is 0.00319. The molecule has 1 saturated carbocycles. The van der Waals surface area contributed by atoms with Gasteiger partial charge in [0.25, 0.3) is 0 Å². The highest BCUT2D eigenvalue weighted by molar-refractivity contribution is 5.81. The van der Waals surface area contributed by atoms with E-state index in [0.717, 1.165) is 18.4 Å². The van der Waals surface area contributed by atoms with Crippen molar-refractivity contribution in [3.05, 3.63) is 17.8 Å². The lowest BCUT2D eigenvalue weighted by Gasteiger charge is -2.07. The third-order valence-electron chi connectivity index (χ3n) is 2.52. The number of amides is 1. The second kappa shape index (κ2) is 4.38. The fourth-order valence-corrected chi connectivity index (χ4v) is 1.31. The molecule has 1 amide bonds. The SMILES string of the molecule is Cc1cnc(NCC(=O)NC2CC2)cc1N. The number of carbonyl (C=O) groups excluding carboxylic acids is 1. The standard InChI is InChI=1S/C11H16N4O/c1-7-5-13-10(4-9(7)12)14-6-11(16)15-8-2-3-8/h4-5,8H,2-3,6H2,1H3,(H,15,16)(H3,12,13,14). The van der Waals surface area contributed by atoms with Crippen LogP contribution in [0.3, 0.4) is 0 Å². The Morgan fingerprint density at radius 2 is 2.38 bits per heavy atom. The Bertz CT molecular complexity index is 401. The van der Waals surface area contributed by atoms with E-state index in [1.165, 1.54) is 0 Å². The lowest BCUT2D eigenvalue weighted by molar-refractivity contribution is -0.119. The summed E-state index contributed by atoms with van der Waals surface area (Å²) in [4.78, 5) is 15.5. The van der Waals surface area contributed by atoms with Crippen LogP contribution in [0.5, 0.6) is 0 Å². The molecule has 0 spiro atoms. The molecular formula is C11H16N4O. The Hall–Kier alpha value is -1.78. The van der Waals surface area contributed by atoms with Crippen LogP contribution in [0, 0.1) is 6.92 Å². The van der Waals surface area contributed by atoms with Gasteiger partial charge in [-0.15, -0.1) is 0 Å². The van der Waals surface area contributed by atoms with Crippen LogP contribution in [-0.2, 0) is 4.79 Å². The molecule has 1 aromatic rings. The average molecular weight is 220 g/mol. The molecule has 0 aromatic carbocycles. The van der Waals surface area contributed by atoms with Gasteiger partial charge in [0.1, 0.15) is 5.82 Å². The number of anilines is 2. The van der Waals surface area contributed by atoms with E-state index < -0.39 is 0 Å². The van der Waals surface area contributed by atoms with Crippen LogP contribution < -0.4 is 16.4 Å². The number of nitrogens with one attached hydrogen (secondary N) is 2. The van der Waals surface area contributed by atoms with Crippen LogP contribution in [-0.4, -0.2) is 23.5 Å². The summed E-state index contributed by atoms with van der Waals surface area (Å²) in [6.45, 7) is 2.14. The number of nitrogens with zero attached hydrogens (tertiary/aromatic N) is 1. The lowest BCUT2D eigenvalue weighted by Crippen LogP contribution is -2.31. The predicted octanol–water partition coefficient (Wildman–Crippen LogP) is 0.663. The number of nitrogens with two attached hydrogens (primary N) is 1. The highest BCUT2D eigenvalue weighted by atomic mass is 16.2. The number of carbonyl (C=O) groups is 1. The maximum Gasteiger partial charge on any atom is 0.239 e. The highest BCUT2D eigenvalue weighted by Crippen LogP contribution is 2.18. The average Bonchev–Trinajstić information content (AvgIpc) is 3.04. The normalized spacial score (nSPS) is 14.6. The molecule has 1 aliphatic carbocycles. The molecule has 1 aliphatic rings. The molecule has 0 unspecified atom stereocenters. The van der Waals surface area contributed by atoms with Gasteiger partial charge in [-0.1, -0.05) is 0 Å². The van der Waals surface area contributed by atoms with Crippen LogP contribution in [0.15, 0.2) is 12.3 Å². The molecule has 5 heteroatoms. The summed E-state index contributed by atoms with van der Waals surface area (Å²) < 4.78 is 0. The van der Waals surface area contributed by atoms with E-state index in [4.69, 9.17) is 5.73 Å². The van der Waals surface area contributed by atoms with Crippen LogP contribution in [0.2, 0.25) is 0 Å². The quantitative estimate of drug-likeness (QED) is 0.696. The monoisotopic (exact) mass is 220 g/mol. The number of aromatic nitrogens is 1. The number of nitrogen functional groups attached to an aromatic ring is 1. The van der Waals surface area contributed by atoms with Gasteiger partial charge in [0.15, 0.2) is 0 Å². The molecule has 0 saturated heterocycles. The van der Waals surface area contributed by atoms with Gasteiger partial charge < -0.3 is 16.4 Å². The van der Waals surface area contributed by atoms with Gasteiger partial charge in [0, 0.05) is 24.0 Å². The minimum Gasteiger partial charge on any atom is -0.398 e. The summed E-state index contributed by atoms with van der Waals surface area (Å²) in [7, 11) is 0. The molecule has 0 atom stereocenters. The summed E-state index contributed by atoms with van der Waals surface area (Å²) in [5.74, 6) is 0.637. The van der Waals surface area contributed by atoms with Crippen LogP contribution in [0.4, 0.5) is 11.5 Å². The van der Waals surface area contributed by atoms with E-state index in [9.17, 15) is 4.79 Å². The van der Waals surface area contributed by atoms with Gasteiger partial charge in [-0.2, -0.15) is 0 Å². The number of aryl methyl sites for hydroxylation is 1. The Morgan fingerprint density at radius 3 is 3.00 bits per heavy atom. The molecule has 5 nitrogen and oxygen atoms in total. The molecule has 1 heterocycles. The molecule has 0 radical (unpaired) electrons. The third-order valence-corrected chi connectivity index (χ3v) is 2.52. The first-order chi connectivity index (χ1) is 7.65. The van der Waals surface area contributed by atoms with Crippen LogP contribution in [0.1, 0.15) is 18.4 Å². The molecule has 1 aromatic heterocycles. The van der Waals surface area contributed by atoms with Crippen LogP contribution >= 0.6 is 0 Å². The Balaban J connectivity index is 1.83. The van der Waals surface area contributed by atoms with Crippen molar-refractivity contribution >= 4 is 17.4 Å². The minimum atomic E-state index is 0.00319. The van der Waals surface area contributed by atoms with Crippen molar-refractivity contribution in [2.24, 2.45) is 0 Å². The van der Waals surface area contributed by atoms with Crippen molar-refractivity contribution in [1.82, 2.24) is 10.3 Å². The van der Waals surface area contributed by atoms with E-state index in [2.05, 4.69) is 15.6 Å². The molecular weight excluding hydrogens is 204 g/mol. The van der Waals surface area contributed by atoms with Crippen molar-refractivity contribution < 1.29 is 4.79 Å². The Morgan fingerprint density at radius 1 is 1.62 bits per heavy atom.